The highest BCUT2D eigenvalue weighted by Gasteiger charge is 2.16. The summed E-state index contributed by atoms with van der Waals surface area (Å²) >= 11 is 0. The number of aryl methyl sites for hydroxylation is 3. The third-order valence-electron chi connectivity index (χ3n) is 2.96. The van der Waals surface area contributed by atoms with Crippen LogP contribution in [0, 0.1) is 20.8 Å². The smallest absolute Gasteiger partial charge is 0.240 e. The van der Waals surface area contributed by atoms with Crippen LogP contribution in [0.15, 0.2) is 21.4 Å². The van der Waals surface area contributed by atoms with Crippen LogP contribution in [0.1, 0.15) is 28.5 Å². The Morgan fingerprint density at radius 1 is 0.950 bits per heavy atom. The molecule has 3 aromatic rings. The minimum atomic E-state index is 0.381. The molecule has 0 N–H and O–H groups in total. The van der Waals surface area contributed by atoms with Crippen molar-refractivity contribution in [1.82, 2.24) is 25.3 Å². The van der Waals surface area contributed by atoms with E-state index in [1.165, 1.54) is 0 Å². The van der Waals surface area contributed by atoms with Crippen LogP contribution in [0.5, 0.6) is 0 Å². The van der Waals surface area contributed by atoms with Gasteiger partial charge in [0.1, 0.15) is 5.76 Å². The van der Waals surface area contributed by atoms with Crippen molar-refractivity contribution in [2.75, 3.05) is 0 Å². The highest BCUT2D eigenvalue weighted by Crippen LogP contribution is 2.18. The topological polar surface area (TPSA) is 90.7 Å². The van der Waals surface area contributed by atoms with Gasteiger partial charge in [0, 0.05) is 18.0 Å². The normalized spacial score (nSPS) is 10.9. The van der Waals surface area contributed by atoms with Gasteiger partial charge in [-0.15, -0.1) is 0 Å². The first-order chi connectivity index (χ1) is 9.63. The second-order valence-electron chi connectivity index (χ2n) is 4.58. The van der Waals surface area contributed by atoms with Crippen molar-refractivity contribution < 1.29 is 9.05 Å². The zero-order chi connectivity index (χ0) is 14.1. The van der Waals surface area contributed by atoms with Gasteiger partial charge in [-0.1, -0.05) is 10.3 Å². The van der Waals surface area contributed by atoms with E-state index in [4.69, 9.17) is 9.05 Å². The fourth-order valence-corrected chi connectivity index (χ4v) is 1.83. The maximum Gasteiger partial charge on any atom is 0.240 e. The minimum Gasteiger partial charge on any atom is -0.361 e. The molecule has 0 amide bonds. The molecule has 7 heteroatoms. The molecular formula is C13H13N5O2. The van der Waals surface area contributed by atoms with Crippen molar-refractivity contribution in [2.24, 2.45) is 0 Å². The molecule has 0 saturated heterocycles. The predicted octanol–water partition coefficient (Wildman–Crippen LogP) is 2.03. The molecule has 20 heavy (non-hydrogen) atoms. The van der Waals surface area contributed by atoms with Crippen LogP contribution in [0.3, 0.4) is 0 Å². The summed E-state index contributed by atoms with van der Waals surface area (Å²) in [6.45, 7) is 5.66. The van der Waals surface area contributed by atoms with E-state index < -0.39 is 0 Å². The summed E-state index contributed by atoms with van der Waals surface area (Å²) in [5.41, 5.74) is 2.77. The molecule has 3 heterocycles. The largest absolute Gasteiger partial charge is 0.361 e. The van der Waals surface area contributed by atoms with E-state index in [0.29, 0.717) is 24.0 Å². The third kappa shape index (κ3) is 2.29. The summed E-state index contributed by atoms with van der Waals surface area (Å²) in [6, 6.07) is 0. The first kappa shape index (κ1) is 12.5. The van der Waals surface area contributed by atoms with Gasteiger partial charge in [0.2, 0.25) is 17.5 Å². The van der Waals surface area contributed by atoms with Crippen molar-refractivity contribution in [3.63, 3.8) is 0 Å². The molecule has 3 aromatic heterocycles. The molecule has 0 atom stereocenters. The molecule has 0 fully saturated rings. The van der Waals surface area contributed by atoms with Crippen molar-refractivity contribution >= 4 is 0 Å². The Morgan fingerprint density at radius 2 is 1.70 bits per heavy atom. The molecule has 0 saturated carbocycles. The van der Waals surface area contributed by atoms with E-state index in [1.807, 2.05) is 20.8 Å². The van der Waals surface area contributed by atoms with Gasteiger partial charge in [-0.3, -0.25) is 0 Å². The van der Waals surface area contributed by atoms with E-state index in [9.17, 15) is 0 Å². The fraction of sp³-hybridized carbons (Fsp3) is 0.308. The lowest BCUT2D eigenvalue weighted by atomic mass is 10.1. The van der Waals surface area contributed by atoms with E-state index in [0.717, 1.165) is 22.6 Å². The summed E-state index contributed by atoms with van der Waals surface area (Å²) < 4.78 is 10.3. The van der Waals surface area contributed by atoms with Crippen LogP contribution < -0.4 is 0 Å². The van der Waals surface area contributed by atoms with Gasteiger partial charge in [0.15, 0.2) is 0 Å². The average Bonchev–Trinajstić information content (AvgIpc) is 3.02. The molecule has 7 nitrogen and oxygen atoms in total. The fourth-order valence-electron chi connectivity index (χ4n) is 1.83. The molecule has 0 aromatic carbocycles. The second kappa shape index (κ2) is 4.84. The maximum atomic E-state index is 5.22. The maximum absolute atomic E-state index is 5.22. The summed E-state index contributed by atoms with van der Waals surface area (Å²) in [5.74, 6) is 2.07. The lowest BCUT2D eigenvalue weighted by Crippen LogP contribution is -1.93. The Kier molecular flexibility index (Phi) is 3.02. The van der Waals surface area contributed by atoms with Crippen LogP contribution in [-0.2, 0) is 6.42 Å². The van der Waals surface area contributed by atoms with Gasteiger partial charge in [-0.05, 0) is 26.3 Å². The van der Waals surface area contributed by atoms with Crippen LogP contribution in [0.4, 0.5) is 0 Å². The molecule has 0 unspecified atom stereocenters. The van der Waals surface area contributed by atoms with Crippen LogP contribution in [0.2, 0.25) is 0 Å². The van der Waals surface area contributed by atoms with Gasteiger partial charge in [-0.25, -0.2) is 9.97 Å². The minimum absolute atomic E-state index is 0.381. The van der Waals surface area contributed by atoms with E-state index in [-0.39, 0.29) is 0 Å². The van der Waals surface area contributed by atoms with Crippen LogP contribution in [-0.4, -0.2) is 25.3 Å². The first-order valence-corrected chi connectivity index (χ1v) is 6.17. The number of nitrogens with zero attached hydrogens (tertiary/aromatic N) is 5. The Balaban J connectivity index is 1.85. The number of aromatic nitrogens is 5. The number of hydrogen-bond donors (Lipinski definition) is 0. The molecule has 0 aliphatic rings. The van der Waals surface area contributed by atoms with Crippen molar-refractivity contribution in [3.05, 3.63) is 40.9 Å². The Bertz CT molecular complexity index is 710. The van der Waals surface area contributed by atoms with Crippen molar-refractivity contribution in [3.8, 4) is 11.6 Å². The molecule has 0 radical (unpaired) electrons. The van der Waals surface area contributed by atoms with E-state index >= 15 is 0 Å². The van der Waals surface area contributed by atoms with Crippen molar-refractivity contribution in [2.45, 2.75) is 27.2 Å². The molecule has 0 aliphatic heterocycles. The standard InChI is InChI=1S/C13H13N5O2/c1-7-5-14-12(15-6-7)13-16-11(20-18-13)4-10-8(2)17-19-9(10)3/h5-6H,4H2,1-3H3. The van der Waals surface area contributed by atoms with Gasteiger partial charge in [0.05, 0.1) is 12.1 Å². The zero-order valence-electron chi connectivity index (χ0n) is 11.4. The Labute approximate surface area is 115 Å². The Morgan fingerprint density at radius 3 is 2.35 bits per heavy atom. The monoisotopic (exact) mass is 271 g/mol. The van der Waals surface area contributed by atoms with Gasteiger partial charge < -0.3 is 9.05 Å². The molecular weight excluding hydrogens is 258 g/mol. The van der Waals surface area contributed by atoms with Crippen LogP contribution >= 0.6 is 0 Å². The lowest BCUT2D eigenvalue weighted by molar-refractivity contribution is 0.381. The highest BCUT2D eigenvalue weighted by atomic mass is 16.5. The molecule has 0 aliphatic carbocycles. The molecule has 0 spiro atoms. The summed E-state index contributed by atoms with van der Waals surface area (Å²) in [7, 11) is 0. The zero-order valence-corrected chi connectivity index (χ0v) is 11.4. The van der Waals surface area contributed by atoms with Gasteiger partial charge in [0.25, 0.3) is 0 Å². The molecule has 3 rings (SSSR count). The highest BCUT2D eigenvalue weighted by molar-refractivity contribution is 5.41. The van der Waals surface area contributed by atoms with E-state index in [1.54, 1.807) is 12.4 Å². The molecule has 0 bridgehead atoms. The average molecular weight is 271 g/mol. The summed E-state index contributed by atoms with van der Waals surface area (Å²) in [6.07, 6.45) is 3.92. The van der Waals surface area contributed by atoms with E-state index in [2.05, 4.69) is 25.3 Å². The Hall–Kier alpha value is -2.57. The SMILES string of the molecule is Cc1cnc(-c2noc(Cc3c(C)noc3C)n2)nc1. The summed E-state index contributed by atoms with van der Waals surface area (Å²) in [4.78, 5) is 12.6. The predicted molar refractivity (Wildman–Crippen MR) is 68.8 cm³/mol. The first-order valence-electron chi connectivity index (χ1n) is 6.17. The van der Waals surface area contributed by atoms with Gasteiger partial charge >= 0.3 is 0 Å². The van der Waals surface area contributed by atoms with Crippen LogP contribution in [0.25, 0.3) is 11.6 Å². The second-order valence-corrected chi connectivity index (χ2v) is 4.58. The third-order valence-corrected chi connectivity index (χ3v) is 2.96. The number of hydrogen-bond acceptors (Lipinski definition) is 7. The quantitative estimate of drug-likeness (QED) is 0.719. The molecule has 102 valence electrons. The number of rotatable bonds is 3. The van der Waals surface area contributed by atoms with Gasteiger partial charge in [-0.2, -0.15) is 4.98 Å². The van der Waals surface area contributed by atoms with Crippen molar-refractivity contribution in [1.29, 1.82) is 0 Å². The lowest BCUT2D eigenvalue weighted by Gasteiger charge is -1.93. The summed E-state index contributed by atoms with van der Waals surface area (Å²) in [5, 5.41) is 7.79.